The molecule has 1 heterocycles. The Kier molecular flexibility index (Phi) is 6.68. The number of anilines is 1. The van der Waals surface area contributed by atoms with Gasteiger partial charge >= 0.3 is 0 Å². The predicted octanol–water partition coefficient (Wildman–Crippen LogP) is 3.01. The van der Waals surface area contributed by atoms with Crippen LogP contribution in [0.25, 0.3) is 0 Å². The van der Waals surface area contributed by atoms with Crippen molar-refractivity contribution in [1.29, 1.82) is 0 Å². The van der Waals surface area contributed by atoms with Crippen LogP contribution in [0.15, 0.2) is 11.0 Å². The van der Waals surface area contributed by atoms with E-state index in [4.69, 9.17) is 11.6 Å². The second-order valence-electron chi connectivity index (χ2n) is 6.07. The summed E-state index contributed by atoms with van der Waals surface area (Å²) in [5, 5.41) is 7.57. The van der Waals surface area contributed by atoms with Gasteiger partial charge in [0.2, 0.25) is 0 Å². The Balaban J connectivity index is 2.73. The molecule has 0 amide bonds. The van der Waals surface area contributed by atoms with Crippen LogP contribution >= 0.6 is 11.6 Å². The van der Waals surface area contributed by atoms with E-state index in [0.717, 1.165) is 13.1 Å². The van der Waals surface area contributed by atoms with Gasteiger partial charge in [0.1, 0.15) is 5.02 Å². The molecule has 0 aliphatic heterocycles. The van der Waals surface area contributed by atoms with Crippen molar-refractivity contribution in [3.63, 3.8) is 0 Å². The Morgan fingerprint density at radius 3 is 2.29 bits per heavy atom. The molecular weight excluding hydrogens is 288 g/mol. The second-order valence-corrected chi connectivity index (χ2v) is 6.45. The van der Waals surface area contributed by atoms with Gasteiger partial charge in [0.15, 0.2) is 0 Å². The molecule has 21 heavy (non-hydrogen) atoms. The van der Waals surface area contributed by atoms with E-state index in [1.807, 2.05) is 13.8 Å². The topological polar surface area (TPSA) is 50.2 Å². The van der Waals surface area contributed by atoms with Crippen LogP contribution < -0.4 is 10.9 Å². The summed E-state index contributed by atoms with van der Waals surface area (Å²) in [6.07, 6.45) is 1.62. The Morgan fingerprint density at radius 1 is 1.24 bits per heavy atom. The number of hydrogen-bond acceptors (Lipinski definition) is 4. The molecular formula is C15H27ClN4O. The summed E-state index contributed by atoms with van der Waals surface area (Å²) in [5.41, 5.74) is 0.354. The average molecular weight is 315 g/mol. The van der Waals surface area contributed by atoms with Crippen LogP contribution in [0.5, 0.6) is 0 Å². The molecule has 0 radical (unpaired) electrons. The molecule has 0 aliphatic rings. The SMILES string of the molecule is CC(C)N(CCNc1cnn(C(C)C)c(=O)c1Cl)C(C)C. The van der Waals surface area contributed by atoms with Gasteiger partial charge in [-0.3, -0.25) is 9.69 Å². The van der Waals surface area contributed by atoms with E-state index >= 15 is 0 Å². The van der Waals surface area contributed by atoms with Crippen LogP contribution in [0.2, 0.25) is 5.02 Å². The third-order valence-electron chi connectivity index (χ3n) is 3.44. The van der Waals surface area contributed by atoms with Gasteiger partial charge in [-0.25, -0.2) is 4.68 Å². The van der Waals surface area contributed by atoms with Crippen molar-refractivity contribution >= 4 is 17.3 Å². The number of nitrogens with one attached hydrogen (secondary N) is 1. The summed E-state index contributed by atoms with van der Waals surface area (Å²) in [7, 11) is 0. The number of aromatic nitrogens is 2. The van der Waals surface area contributed by atoms with Gasteiger partial charge in [0, 0.05) is 25.2 Å². The van der Waals surface area contributed by atoms with Gasteiger partial charge in [-0.05, 0) is 41.5 Å². The van der Waals surface area contributed by atoms with Gasteiger partial charge in [0.25, 0.3) is 5.56 Å². The molecule has 5 nitrogen and oxygen atoms in total. The molecule has 0 aromatic carbocycles. The number of rotatable bonds is 7. The molecule has 120 valence electrons. The highest BCUT2D eigenvalue weighted by Gasteiger charge is 2.14. The minimum absolute atomic E-state index is 0.00132. The maximum Gasteiger partial charge on any atom is 0.287 e. The summed E-state index contributed by atoms with van der Waals surface area (Å²) in [4.78, 5) is 14.4. The first kappa shape index (κ1) is 18.0. The van der Waals surface area contributed by atoms with Crippen LogP contribution in [-0.2, 0) is 0 Å². The summed E-state index contributed by atoms with van der Waals surface area (Å²) < 4.78 is 1.39. The highest BCUT2D eigenvalue weighted by atomic mass is 35.5. The minimum atomic E-state index is -0.249. The van der Waals surface area contributed by atoms with Gasteiger partial charge in [-0.15, -0.1) is 0 Å². The molecule has 0 atom stereocenters. The lowest BCUT2D eigenvalue weighted by Crippen LogP contribution is -2.40. The van der Waals surface area contributed by atoms with Gasteiger partial charge in [0.05, 0.1) is 17.9 Å². The zero-order valence-corrected chi connectivity index (χ0v) is 14.6. The van der Waals surface area contributed by atoms with Crippen molar-refractivity contribution in [2.75, 3.05) is 18.4 Å². The maximum atomic E-state index is 12.1. The van der Waals surface area contributed by atoms with E-state index in [0.29, 0.717) is 17.8 Å². The number of hydrogen-bond donors (Lipinski definition) is 1. The molecule has 1 aromatic rings. The smallest absolute Gasteiger partial charge is 0.287 e. The molecule has 0 spiro atoms. The fourth-order valence-electron chi connectivity index (χ4n) is 2.37. The van der Waals surface area contributed by atoms with Gasteiger partial charge in [-0.2, -0.15) is 5.10 Å². The zero-order valence-electron chi connectivity index (χ0n) is 13.9. The Hall–Kier alpha value is -1.07. The maximum absolute atomic E-state index is 12.1. The summed E-state index contributed by atoms with van der Waals surface area (Å²) in [5.74, 6) is 0. The Labute approximate surface area is 132 Å². The standard InChI is InChI=1S/C15H27ClN4O/c1-10(2)19(11(3)4)8-7-17-13-9-18-20(12(5)6)15(21)14(13)16/h9-12,17H,7-8H2,1-6H3. The molecule has 1 rings (SSSR count). The van der Waals surface area contributed by atoms with E-state index in [-0.39, 0.29) is 16.6 Å². The third-order valence-corrected chi connectivity index (χ3v) is 3.81. The first-order chi connectivity index (χ1) is 9.75. The monoisotopic (exact) mass is 314 g/mol. The van der Waals surface area contributed by atoms with Gasteiger partial charge in [-0.1, -0.05) is 11.6 Å². The van der Waals surface area contributed by atoms with Crippen LogP contribution in [0, 0.1) is 0 Å². The van der Waals surface area contributed by atoms with E-state index in [1.165, 1.54) is 4.68 Å². The molecule has 0 fully saturated rings. The predicted molar refractivity (Wildman–Crippen MR) is 89.4 cm³/mol. The third kappa shape index (κ3) is 4.71. The highest BCUT2D eigenvalue weighted by molar-refractivity contribution is 6.32. The lowest BCUT2D eigenvalue weighted by molar-refractivity contribution is 0.182. The molecule has 0 unspecified atom stereocenters. The molecule has 0 bridgehead atoms. The van der Waals surface area contributed by atoms with Gasteiger partial charge < -0.3 is 5.32 Å². The summed E-state index contributed by atoms with van der Waals surface area (Å²) in [6, 6.07) is 0.963. The van der Waals surface area contributed by atoms with Crippen molar-refractivity contribution < 1.29 is 0 Å². The minimum Gasteiger partial charge on any atom is -0.381 e. The molecule has 0 saturated heterocycles. The van der Waals surface area contributed by atoms with E-state index < -0.39 is 0 Å². The van der Waals surface area contributed by atoms with Crippen LogP contribution in [0.4, 0.5) is 5.69 Å². The first-order valence-electron chi connectivity index (χ1n) is 7.52. The summed E-state index contributed by atoms with van der Waals surface area (Å²) >= 11 is 6.13. The average Bonchev–Trinajstić information content (AvgIpc) is 2.37. The van der Waals surface area contributed by atoms with E-state index in [2.05, 4.69) is 43.0 Å². The molecule has 0 saturated carbocycles. The van der Waals surface area contributed by atoms with Crippen molar-refractivity contribution in [2.24, 2.45) is 0 Å². The normalized spacial score (nSPS) is 12.0. The molecule has 0 aliphatic carbocycles. The Bertz CT molecular complexity index is 503. The number of nitrogens with zero attached hydrogens (tertiary/aromatic N) is 3. The Morgan fingerprint density at radius 2 is 1.81 bits per heavy atom. The fourth-order valence-corrected chi connectivity index (χ4v) is 2.57. The first-order valence-corrected chi connectivity index (χ1v) is 7.90. The van der Waals surface area contributed by atoms with Crippen LogP contribution in [0.1, 0.15) is 47.6 Å². The van der Waals surface area contributed by atoms with E-state index in [9.17, 15) is 4.79 Å². The lowest BCUT2D eigenvalue weighted by atomic mass is 10.2. The number of halogens is 1. The van der Waals surface area contributed by atoms with Crippen LogP contribution in [-0.4, -0.2) is 39.9 Å². The molecule has 1 N–H and O–H groups in total. The zero-order chi connectivity index (χ0) is 16.2. The van der Waals surface area contributed by atoms with Crippen LogP contribution in [0.3, 0.4) is 0 Å². The van der Waals surface area contributed by atoms with Crippen molar-refractivity contribution in [3.8, 4) is 0 Å². The van der Waals surface area contributed by atoms with Crippen molar-refractivity contribution in [1.82, 2.24) is 14.7 Å². The highest BCUT2D eigenvalue weighted by Crippen LogP contribution is 2.16. The molecule has 1 aromatic heterocycles. The second kappa shape index (κ2) is 7.80. The molecule has 6 heteroatoms. The van der Waals surface area contributed by atoms with E-state index in [1.54, 1.807) is 6.20 Å². The summed E-state index contributed by atoms with van der Waals surface area (Å²) in [6.45, 7) is 14.1. The lowest BCUT2D eigenvalue weighted by Gasteiger charge is -2.30. The van der Waals surface area contributed by atoms with Crippen molar-refractivity contribution in [2.45, 2.75) is 59.7 Å². The fraction of sp³-hybridized carbons (Fsp3) is 0.733. The van der Waals surface area contributed by atoms with Crippen molar-refractivity contribution in [3.05, 3.63) is 21.6 Å². The quantitative estimate of drug-likeness (QED) is 0.840. The largest absolute Gasteiger partial charge is 0.381 e.